The van der Waals surface area contributed by atoms with E-state index in [1.807, 2.05) is 24.3 Å². The van der Waals surface area contributed by atoms with Gasteiger partial charge in [0.2, 0.25) is 0 Å². The smallest absolute Gasteiger partial charge is 0.133 e. The first-order valence-electron chi connectivity index (χ1n) is 5.92. The molecule has 0 bridgehead atoms. The minimum absolute atomic E-state index is 0.209. The molecule has 3 nitrogen and oxygen atoms in total. The maximum absolute atomic E-state index is 8.73. The van der Waals surface area contributed by atoms with Crippen molar-refractivity contribution in [2.75, 3.05) is 0 Å². The fraction of sp³-hybridized carbons (Fsp3) is 0.429. The minimum atomic E-state index is 0.209. The zero-order valence-corrected chi connectivity index (χ0v) is 10.2. The Morgan fingerprint density at radius 1 is 1.41 bits per heavy atom. The zero-order valence-electron chi connectivity index (χ0n) is 10.2. The number of oxime groups is 1. The van der Waals surface area contributed by atoms with Gasteiger partial charge in [0.15, 0.2) is 0 Å². The van der Waals surface area contributed by atoms with Gasteiger partial charge < -0.3 is 4.84 Å². The van der Waals surface area contributed by atoms with Crippen molar-refractivity contribution in [3.05, 3.63) is 35.4 Å². The lowest BCUT2D eigenvalue weighted by Crippen LogP contribution is -2.11. The first kappa shape index (κ1) is 11.7. The average Bonchev–Trinajstić information content (AvgIpc) is 2.77. The van der Waals surface area contributed by atoms with Crippen LogP contribution in [-0.4, -0.2) is 11.8 Å². The van der Waals surface area contributed by atoms with E-state index in [1.165, 1.54) is 0 Å². The Labute approximate surface area is 102 Å². The maximum atomic E-state index is 8.73. The summed E-state index contributed by atoms with van der Waals surface area (Å²) in [7, 11) is 0. The van der Waals surface area contributed by atoms with Gasteiger partial charge in [-0.25, -0.2) is 0 Å². The van der Waals surface area contributed by atoms with Gasteiger partial charge in [-0.3, -0.25) is 0 Å². The molecule has 1 aliphatic rings. The topological polar surface area (TPSA) is 45.4 Å². The van der Waals surface area contributed by atoms with Crippen LogP contribution in [-0.2, 0) is 4.84 Å². The molecule has 0 fully saturated rings. The first-order valence-corrected chi connectivity index (χ1v) is 5.92. The second-order valence-corrected chi connectivity index (χ2v) is 4.79. The summed E-state index contributed by atoms with van der Waals surface area (Å²) in [5.41, 5.74) is 2.71. The van der Waals surface area contributed by atoms with E-state index in [0.717, 1.165) is 24.1 Å². The van der Waals surface area contributed by atoms with Crippen LogP contribution < -0.4 is 0 Å². The van der Waals surface area contributed by atoms with Gasteiger partial charge in [-0.05, 0) is 30.0 Å². The molecule has 2 rings (SSSR count). The van der Waals surface area contributed by atoms with Gasteiger partial charge >= 0.3 is 0 Å². The van der Waals surface area contributed by atoms with E-state index in [9.17, 15) is 0 Å². The normalized spacial score (nSPS) is 18.7. The highest BCUT2D eigenvalue weighted by atomic mass is 16.6. The van der Waals surface area contributed by atoms with Crippen molar-refractivity contribution in [2.24, 2.45) is 11.1 Å². The monoisotopic (exact) mass is 228 g/mol. The molecule has 1 aromatic rings. The summed E-state index contributed by atoms with van der Waals surface area (Å²) in [5.74, 6) is 0.621. The van der Waals surface area contributed by atoms with Gasteiger partial charge in [-0.2, -0.15) is 5.26 Å². The van der Waals surface area contributed by atoms with Crippen molar-refractivity contribution in [1.29, 1.82) is 5.26 Å². The highest BCUT2D eigenvalue weighted by Gasteiger charge is 2.22. The largest absolute Gasteiger partial charge is 0.392 e. The van der Waals surface area contributed by atoms with Crippen molar-refractivity contribution in [3.8, 4) is 6.07 Å². The fourth-order valence-corrected chi connectivity index (χ4v) is 1.99. The molecular weight excluding hydrogens is 212 g/mol. The minimum Gasteiger partial charge on any atom is -0.392 e. The molecule has 1 atom stereocenters. The van der Waals surface area contributed by atoms with E-state index in [4.69, 9.17) is 10.1 Å². The van der Waals surface area contributed by atoms with E-state index in [2.05, 4.69) is 25.1 Å². The zero-order chi connectivity index (χ0) is 12.3. The molecule has 88 valence electrons. The van der Waals surface area contributed by atoms with E-state index in [1.54, 1.807) is 0 Å². The van der Waals surface area contributed by atoms with Crippen LogP contribution in [0.3, 0.4) is 0 Å². The second kappa shape index (κ2) is 5.01. The molecule has 0 aliphatic carbocycles. The molecule has 1 unspecified atom stereocenters. The standard InChI is InChI=1S/C14H16N2O/c1-10(2)7-13-8-14(16-17-13)12-5-3-11(9-15)4-6-12/h3-6,10,13H,7-8H2,1-2H3. The molecule has 1 aliphatic heterocycles. The van der Waals surface area contributed by atoms with Crippen LogP contribution in [0.25, 0.3) is 0 Å². The summed E-state index contributed by atoms with van der Waals surface area (Å²) in [4.78, 5) is 5.41. The Bertz CT molecular complexity index is 454. The third kappa shape index (κ3) is 2.85. The lowest BCUT2D eigenvalue weighted by molar-refractivity contribution is 0.0698. The number of hydrogen-bond donors (Lipinski definition) is 0. The van der Waals surface area contributed by atoms with Crippen molar-refractivity contribution in [1.82, 2.24) is 0 Å². The van der Waals surface area contributed by atoms with Gasteiger partial charge in [0, 0.05) is 6.42 Å². The van der Waals surface area contributed by atoms with Crippen LogP contribution in [0.1, 0.15) is 37.8 Å². The van der Waals surface area contributed by atoms with Crippen molar-refractivity contribution in [2.45, 2.75) is 32.8 Å². The first-order chi connectivity index (χ1) is 8.19. The molecule has 1 heterocycles. The number of nitrogens with zero attached hydrogens (tertiary/aromatic N) is 2. The van der Waals surface area contributed by atoms with E-state index < -0.39 is 0 Å². The molecule has 0 saturated carbocycles. The summed E-state index contributed by atoms with van der Waals surface area (Å²) < 4.78 is 0. The Kier molecular flexibility index (Phi) is 3.43. The Balaban J connectivity index is 2.02. The molecule has 0 aromatic heterocycles. The molecule has 1 aromatic carbocycles. The molecular formula is C14H16N2O. The predicted molar refractivity (Wildman–Crippen MR) is 66.6 cm³/mol. The van der Waals surface area contributed by atoms with Gasteiger partial charge in [0.05, 0.1) is 17.3 Å². The third-order valence-corrected chi connectivity index (χ3v) is 2.81. The Morgan fingerprint density at radius 3 is 2.71 bits per heavy atom. The van der Waals surface area contributed by atoms with E-state index in [0.29, 0.717) is 11.5 Å². The third-order valence-electron chi connectivity index (χ3n) is 2.81. The number of hydrogen-bond acceptors (Lipinski definition) is 3. The predicted octanol–water partition coefficient (Wildman–Crippen LogP) is 3.10. The van der Waals surface area contributed by atoms with Crippen LogP contribution in [0.5, 0.6) is 0 Å². The van der Waals surface area contributed by atoms with Crippen LogP contribution >= 0.6 is 0 Å². The summed E-state index contributed by atoms with van der Waals surface area (Å²) in [6, 6.07) is 9.59. The lowest BCUT2D eigenvalue weighted by atomic mass is 9.98. The highest BCUT2D eigenvalue weighted by molar-refractivity contribution is 6.01. The number of benzene rings is 1. The summed E-state index contributed by atoms with van der Waals surface area (Å²) in [5, 5.41) is 12.9. The van der Waals surface area contributed by atoms with Crippen LogP contribution in [0.2, 0.25) is 0 Å². The lowest BCUT2D eigenvalue weighted by Gasteiger charge is -2.09. The van der Waals surface area contributed by atoms with Gasteiger partial charge in [-0.15, -0.1) is 0 Å². The molecule has 3 heteroatoms. The molecule has 0 radical (unpaired) electrons. The van der Waals surface area contributed by atoms with Gasteiger partial charge in [-0.1, -0.05) is 31.1 Å². The van der Waals surface area contributed by atoms with Gasteiger partial charge in [0.1, 0.15) is 6.10 Å². The van der Waals surface area contributed by atoms with Crippen molar-refractivity contribution < 1.29 is 4.84 Å². The van der Waals surface area contributed by atoms with Crippen LogP contribution in [0.15, 0.2) is 29.4 Å². The van der Waals surface area contributed by atoms with Crippen LogP contribution in [0, 0.1) is 17.2 Å². The summed E-state index contributed by atoms with van der Waals surface area (Å²) in [6.07, 6.45) is 2.11. The van der Waals surface area contributed by atoms with Crippen molar-refractivity contribution in [3.63, 3.8) is 0 Å². The molecule has 17 heavy (non-hydrogen) atoms. The molecule has 0 amide bonds. The fourth-order valence-electron chi connectivity index (χ4n) is 1.99. The molecule has 0 N–H and O–H groups in total. The average molecular weight is 228 g/mol. The van der Waals surface area contributed by atoms with Crippen molar-refractivity contribution >= 4 is 5.71 Å². The van der Waals surface area contributed by atoms with Crippen LogP contribution in [0.4, 0.5) is 0 Å². The summed E-state index contributed by atoms with van der Waals surface area (Å²) >= 11 is 0. The molecule has 0 saturated heterocycles. The highest BCUT2D eigenvalue weighted by Crippen LogP contribution is 2.21. The number of rotatable bonds is 3. The molecule has 0 spiro atoms. The van der Waals surface area contributed by atoms with E-state index in [-0.39, 0.29) is 6.10 Å². The van der Waals surface area contributed by atoms with Gasteiger partial charge in [0.25, 0.3) is 0 Å². The quantitative estimate of drug-likeness (QED) is 0.798. The Morgan fingerprint density at radius 2 is 2.12 bits per heavy atom. The maximum Gasteiger partial charge on any atom is 0.133 e. The number of nitriles is 1. The summed E-state index contributed by atoms with van der Waals surface area (Å²) in [6.45, 7) is 4.37. The SMILES string of the molecule is CC(C)CC1CC(c2ccc(C#N)cc2)=NO1. The van der Waals surface area contributed by atoms with E-state index >= 15 is 0 Å². The Hall–Kier alpha value is -1.82. The second-order valence-electron chi connectivity index (χ2n) is 4.79.